The second-order valence-electron chi connectivity index (χ2n) is 4.65. The first-order chi connectivity index (χ1) is 8.72. The Morgan fingerprint density at radius 3 is 2.47 bits per heavy atom. The van der Waals surface area contributed by atoms with E-state index < -0.39 is 21.1 Å². The third-order valence-corrected chi connectivity index (χ3v) is 4.56. The lowest BCUT2D eigenvalue weighted by atomic mass is 10.3. The van der Waals surface area contributed by atoms with Gasteiger partial charge in [-0.15, -0.1) is 0 Å². The molecule has 0 aromatic heterocycles. The molecule has 0 aliphatic rings. The lowest BCUT2D eigenvalue weighted by Crippen LogP contribution is -2.37. The number of benzene rings is 1. The maximum absolute atomic E-state index is 13.0. The molecule has 108 valence electrons. The summed E-state index contributed by atoms with van der Waals surface area (Å²) in [4.78, 5) is 0. The van der Waals surface area contributed by atoms with E-state index >= 15 is 0 Å². The van der Waals surface area contributed by atoms with Crippen LogP contribution in [0.15, 0.2) is 18.2 Å². The number of hydrogen-bond donors (Lipinski definition) is 2. The Morgan fingerprint density at radius 1 is 1.32 bits per heavy atom. The van der Waals surface area contributed by atoms with Crippen LogP contribution in [-0.4, -0.2) is 26.3 Å². The maximum atomic E-state index is 13.0. The van der Waals surface area contributed by atoms with Crippen molar-refractivity contribution in [3.8, 4) is 0 Å². The van der Waals surface area contributed by atoms with Crippen LogP contribution in [0.3, 0.4) is 0 Å². The van der Waals surface area contributed by atoms with Crippen LogP contribution in [0.4, 0.5) is 10.1 Å². The molecule has 1 aromatic rings. The highest BCUT2D eigenvalue weighted by atomic mass is 35.5. The second kappa shape index (κ2) is 6.54. The van der Waals surface area contributed by atoms with Crippen molar-refractivity contribution in [1.82, 2.24) is 5.32 Å². The molecule has 0 fully saturated rings. The predicted octanol–water partition coefficient (Wildman–Crippen LogP) is 2.61. The first-order valence-corrected chi connectivity index (χ1v) is 7.85. The van der Waals surface area contributed by atoms with Crippen molar-refractivity contribution in [3.63, 3.8) is 0 Å². The van der Waals surface area contributed by atoms with Gasteiger partial charge in [0.25, 0.3) is 0 Å². The quantitative estimate of drug-likeness (QED) is 0.849. The van der Waals surface area contributed by atoms with Gasteiger partial charge in [0.2, 0.25) is 10.0 Å². The number of anilines is 1. The smallest absolute Gasteiger partial charge is 0.236 e. The fourth-order valence-corrected chi connectivity index (χ4v) is 2.49. The minimum Gasteiger partial charge on any atom is -0.313 e. The molecule has 19 heavy (non-hydrogen) atoms. The second-order valence-corrected chi connectivity index (χ2v) is 7.16. The summed E-state index contributed by atoms with van der Waals surface area (Å²) in [7, 11) is -3.53. The molecular formula is C12H18ClFN2O2S. The average molecular weight is 309 g/mol. The summed E-state index contributed by atoms with van der Waals surface area (Å²) in [6.07, 6.45) is 0. The first-order valence-electron chi connectivity index (χ1n) is 5.92. The molecule has 0 saturated carbocycles. The summed E-state index contributed by atoms with van der Waals surface area (Å²) < 4.78 is 39.4. The van der Waals surface area contributed by atoms with Gasteiger partial charge < -0.3 is 5.32 Å². The summed E-state index contributed by atoms with van der Waals surface area (Å²) in [5, 5.41) is 2.32. The van der Waals surface area contributed by atoms with E-state index in [0.717, 1.165) is 6.07 Å². The zero-order valence-electron chi connectivity index (χ0n) is 11.1. The van der Waals surface area contributed by atoms with Crippen molar-refractivity contribution in [2.24, 2.45) is 0 Å². The standard InChI is InChI=1S/C12H18ClFN2O2S/c1-8(2)15-7-9(3)19(17,18)16-10-4-5-12(14)11(13)6-10/h4-6,8-9,15-16H,7H2,1-3H3. The van der Waals surface area contributed by atoms with Gasteiger partial charge in [-0.3, -0.25) is 4.72 Å². The van der Waals surface area contributed by atoms with E-state index in [-0.39, 0.29) is 16.8 Å². The van der Waals surface area contributed by atoms with Crippen LogP contribution in [0.1, 0.15) is 20.8 Å². The summed E-state index contributed by atoms with van der Waals surface area (Å²) >= 11 is 5.60. The van der Waals surface area contributed by atoms with E-state index in [9.17, 15) is 12.8 Å². The number of sulfonamides is 1. The molecule has 0 saturated heterocycles. The number of hydrogen-bond acceptors (Lipinski definition) is 3. The van der Waals surface area contributed by atoms with Gasteiger partial charge >= 0.3 is 0 Å². The van der Waals surface area contributed by atoms with Crippen molar-refractivity contribution in [2.75, 3.05) is 11.3 Å². The minimum absolute atomic E-state index is 0.117. The Labute approximate surface area is 118 Å². The molecule has 0 radical (unpaired) electrons. The zero-order chi connectivity index (χ0) is 14.6. The molecule has 0 spiro atoms. The Morgan fingerprint density at radius 2 is 1.95 bits per heavy atom. The van der Waals surface area contributed by atoms with Gasteiger partial charge in [0.05, 0.1) is 16.0 Å². The molecule has 1 atom stereocenters. The maximum Gasteiger partial charge on any atom is 0.236 e. The van der Waals surface area contributed by atoms with Crippen LogP contribution >= 0.6 is 11.6 Å². The Bertz CT molecular complexity index is 535. The molecule has 0 bridgehead atoms. The zero-order valence-corrected chi connectivity index (χ0v) is 12.6. The van der Waals surface area contributed by atoms with Gasteiger partial charge in [-0.25, -0.2) is 12.8 Å². The van der Waals surface area contributed by atoms with Crippen LogP contribution in [0.25, 0.3) is 0 Å². The molecule has 2 N–H and O–H groups in total. The van der Waals surface area contributed by atoms with Crippen LogP contribution in [0.5, 0.6) is 0 Å². The van der Waals surface area contributed by atoms with Crippen LogP contribution in [-0.2, 0) is 10.0 Å². The molecule has 7 heteroatoms. The Kier molecular flexibility index (Phi) is 5.58. The van der Waals surface area contributed by atoms with Crippen molar-refractivity contribution >= 4 is 27.3 Å². The fourth-order valence-electron chi connectivity index (χ4n) is 1.34. The normalized spacial score (nSPS) is 13.6. The molecule has 0 heterocycles. The Hall–Kier alpha value is -0.850. The van der Waals surface area contributed by atoms with Gasteiger partial charge in [0.1, 0.15) is 5.82 Å². The molecule has 0 amide bonds. The first kappa shape index (κ1) is 16.2. The number of nitrogens with one attached hydrogen (secondary N) is 2. The van der Waals surface area contributed by atoms with E-state index in [1.165, 1.54) is 12.1 Å². The van der Waals surface area contributed by atoms with E-state index in [4.69, 9.17) is 11.6 Å². The topological polar surface area (TPSA) is 58.2 Å². The largest absolute Gasteiger partial charge is 0.313 e. The molecule has 1 unspecified atom stereocenters. The van der Waals surface area contributed by atoms with E-state index in [2.05, 4.69) is 10.0 Å². The third kappa shape index (κ3) is 4.97. The van der Waals surface area contributed by atoms with E-state index in [1.807, 2.05) is 13.8 Å². The fraction of sp³-hybridized carbons (Fsp3) is 0.500. The Balaban J connectivity index is 2.75. The highest BCUT2D eigenvalue weighted by Crippen LogP contribution is 2.20. The molecule has 1 rings (SSSR count). The van der Waals surface area contributed by atoms with E-state index in [1.54, 1.807) is 6.92 Å². The number of halogens is 2. The van der Waals surface area contributed by atoms with Crippen LogP contribution in [0.2, 0.25) is 5.02 Å². The molecular weight excluding hydrogens is 291 g/mol. The van der Waals surface area contributed by atoms with Gasteiger partial charge in [-0.1, -0.05) is 25.4 Å². The molecule has 4 nitrogen and oxygen atoms in total. The van der Waals surface area contributed by atoms with Gasteiger partial charge in [-0.2, -0.15) is 0 Å². The summed E-state index contributed by atoms with van der Waals surface area (Å²) in [6, 6.07) is 3.91. The van der Waals surface area contributed by atoms with Gasteiger partial charge in [-0.05, 0) is 25.1 Å². The summed E-state index contributed by atoms with van der Waals surface area (Å²) in [6.45, 7) is 5.81. The molecule has 0 aliphatic carbocycles. The SMILES string of the molecule is CC(C)NCC(C)S(=O)(=O)Nc1ccc(F)c(Cl)c1. The van der Waals surface area contributed by atoms with Crippen molar-refractivity contribution in [1.29, 1.82) is 0 Å². The monoisotopic (exact) mass is 308 g/mol. The minimum atomic E-state index is -3.53. The van der Waals surface area contributed by atoms with Crippen LogP contribution in [0, 0.1) is 5.82 Å². The highest BCUT2D eigenvalue weighted by Gasteiger charge is 2.21. The highest BCUT2D eigenvalue weighted by molar-refractivity contribution is 7.93. The average Bonchev–Trinajstić information content (AvgIpc) is 2.30. The van der Waals surface area contributed by atoms with E-state index in [0.29, 0.717) is 6.54 Å². The van der Waals surface area contributed by atoms with Gasteiger partial charge in [0.15, 0.2) is 0 Å². The van der Waals surface area contributed by atoms with Crippen molar-refractivity contribution in [3.05, 3.63) is 29.0 Å². The predicted molar refractivity (Wildman–Crippen MR) is 76.6 cm³/mol. The summed E-state index contributed by atoms with van der Waals surface area (Å²) in [5.41, 5.74) is 0.253. The summed E-state index contributed by atoms with van der Waals surface area (Å²) in [5.74, 6) is -0.584. The van der Waals surface area contributed by atoms with Crippen molar-refractivity contribution < 1.29 is 12.8 Å². The van der Waals surface area contributed by atoms with Gasteiger partial charge in [0, 0.05) is 12.6 Å². The van der Waals surface area contributed by atoms with Crippen LogP contribution < -0.4 is 10.0 Å². The third-order valence-electron chi connectivity index (χ3n) is 2.52. The number of rotatable bonds is 6. The lowest BCUT2D eigenvalue weighted by molar-refractivity contribution is 0.553. The molecule has 0 aliphatic heterocycles. The van der Waals surface area contributed by atoms with Crippen molar-refractivity contribution in [2.45, 2.75) is 32.1 Å². The molecule has 1 aromatic carbocycles. The lowest BCUT2D eigenvalue weighted by Gasteiger charge is -2.17.